The number of amides is 4. The van der Waals surface area contributed by atoms with Gasteiger partial charge in [-0.3, -0.25) is 29.4 Å². The van der Waals surface area contributed by atoms with Crippen LogP contribution >= 0.6 is 0 Å². The molecule has 270 valence electrons. The molecule has 12 heteroatoms. The number of carbonyl (C=O) groups is 4. The van der Waals surface area contributed by atoms with Gasteiger partial charge < -0.3 is 23.9 Å². The van der Waals surface area contributed by atoms with Crippen molar-refractivity contribution in [2.75, 3.05) is 36.0 Å². The highest BCUT2D eigenvalue weighted by Gasteiger charge is 2.52. The van der Waals surface area contributed by atoms with Gasteiger partial charge in [-0.05, 0) is 93.3 Å². The van der Waals surface area contributed by atoms with Crippen molar-refractivity contribution in [3.05, 3.63) is 106 Å². The monoisotopic (exact) mass is 712 g/mol. The molecule has 4 aliphatic rings. The van der Waals surface area contributed by atoms with Crippen molar-refractivity contribution in [2.45, 2.75) is 70.6 Å². The fourth-order valence-corrected chi connectivity index (χ4v) is 7.76. The van der Waals surface area contributed by atoms with Crippen LogP contribution in [0.2, 0.25) is 0 Å². The summed E-state index contributed by atoms with van der Waals surface area (Å²) in [6, 6.07) is 19.0. The second-order valence-corrected chi connectivity index (χ2v) is 14.5. The summed E-state index contributed by atoms with van der Waals surface area (Å²) < 4.78 is 11.8. The lowest BCUT2D eigenvalue weighted by Gasteiger charge is -2.41. The summed E-state index contributed by atoms with van der Waals surface area (Å²) in [5.41, 5.74) is 8.20. The SMILES string of the molecule is [C-]#[N+]C1(c2ccc(N(CCCOC3CN(c4ccc5c(c4)C(=O)N(C4CCC(=O)NC4=O)C5=O)C3)c3cc(-c4c(C)noc4C)ccc3C)cc2)CC1. The summed E-state index contributed by atoms with van der Waals surface area (Å²) in [6.07, 6.45) is 2.79. The number of nitrogens with one attached hydrogen (secondary N) is 1. The van der Waals surface area contributed by atoms with Crippen LogP contribution in [0.3, 0.4) is 0 Å². The van der Waals surface area contributed by atoms with Crippen LogP contribution in [0.1, 0.15) is 75.4 Å². The van der Waals surface area contributed by atoms with E-state index in [1.54, 1.807) is 12.1 Å². The van der Waals surface area contributed by atoms with E-state index in [2.05, 4.69) is 74.5 Å². The van der Waals surface area contributed by atoms with Crippen LogP contribution in [0.15, 0.2) is 65.2 Å². The zero-order valence-corrected chi connectivity index (χ0v) is 30.0. The molecule has 12 nitrogen and oxygen atoms in total. The lowest BCUT2D eigenvalue weighted by atomic mass is 10.00. The Morgan fingerprint density at radius 1 is 0.981 bits per heavy atom. The Kier molecular flexibility index (Phi) is 8.61. The molecule has 1 N–H and O–H groups in total. The van der Waals surface area contributed by atoms with Crippen molar-refractivity contribution in [3.63, 3.8) is 0 Å². The molecule has 53 heavy (non-hydrogen) atoms. The Labute approximate surface area is 307 Å². The number of hydrogen-bond donors (Lipinski definition) is 1. The fourth-order valence-electron chi connectivity index (χ4n) is 7.76. The van der Waals surface area contributed by atoms with Gasteiger partial charge in [0.05, 0.1) is 22.9 Å². The first kappa shape index (κ1) is 34.3. The van der Waals surface area contributed by atoms with Gasteiger partial charge in [-0.25, -0.2) is 6.57 Å². The zero-order valence-electron chi connectivity index (χ0n) is 30.0. The van der Waals surface area contributed by atoms with Crippen LogP contribution in [-0.4, -0.2) is 72.1 Å². The number of fused-ring (bicyclic) bond motifs is 1. The maximum absolute atomic E-state index is 13.3. The number of anilines is 3. The Morgan fingerprint density at radius 3 is 2.42 bits per heavy atom. The van der Waals surface area contributed by atoms with Crippen LogP contribution in [0.5, 0.6) is 0 Å². The van der Waals surface area contributed by atoms with Crippen LogP contribution < -0.4 is 15.1 Å². The minimum Gasteiger partial charge on any atom is -0.374 e. The van der Waals surface area contributed by atoms with Gasteiger partial charge in [0.2, 0.25) is 11.8 Å². The molecule has 3 aliphatic heterocycles. The third-order valence-electron chi connectivity index (χ3n) is 11.0. The maximum atomic E-state index is 13.3. The second-order valence-electron chi connectivity index (χ2n) is 14.5. The third-order valence-corrected chi connectivity index (χ3v) is 11.0. The summed E-state index contributed by atoms with van der Waals surface area (Å²) in [5, 5.41) is 6.40. The molecule has 4 aromatic rings. The molecule has 8 rings (SSSR count). The highest BCUT2D eigenvalue weighted by atomic mass is 16.5. The van der Waals surface area contributed by atoms with Gasteiger partial charge in [0.15, 0.2) is 0 Å². The molecule has 1 unspecified atom stereocenters. The average molecular weight is 713 g/mol. The van der Waals surface area contributed by atoms with Crippen molar-refractivity contribution in [2.24, 2.45) is 0 Å². The maximum Gasteiger partial charge on any atom is 0.262 e. The topological polar surface area (TPSA) is 130 Å². The molecule has 4 heterocycles. The van der Waals surface area contributed by atoms with Crippen molar-refractivity contribution >= 4 is 40.7 Å². The number of benzene rings is 3. The molecular weight excluding hydrogens is 672 g/mol. The zero-order chi connectivity index (χ0) is 37.0. The van der Waals surface area contributed by atoms with Crippen molar-refractivity contribution in [3.8, 4) is 11.1 Å². The van der Waals surface area contributed by atoms with E-state index in [4.69, 9.17) is 15.8 Å². The van der Waals surface area contributed by atoms with Crippen LogP contribution in [-0.2, 0) is 19.9 Å². The first-order valence-electron chi connectivity index (χ1n) is 18.1. The molecule has 1 aromatic heterocycles. The van der Waals surface area contributed by atoms with E-state index in [0.717, 1.165) is 74.9 Å². The number of rotatable bonds is 11. The van der Waals surface area contributed by atoms with Crippen molar-refractivity contribution < 1.29 is 28.4 Å². The molecule has 3 fully saturated rings. The van der Waals surface area contributed by atoms with E-state index in [-0.39, 0.29) is 35.6 Å². The quantitative estimate of drug-likeness (QED) is 0.113. The van der Waals surface area contributed by atoms with Crippen molar-refractivity contribution in [1.29, 1.82) is 0 Å². The number of ether oxygens (including phenoxy) is 1. The molecule has 1 atom stereocenters. The summed E-state index contributed by atoms with van der Waals surface area (Å²) >= 11 is 0. The normalized spacial score (nSPS) is 19.2. The molecule has 0 spiro atoms. The Hall–Kier alpha value is -5.80. The Balaban J connectivity index is 0.920. The van der Waals surface area contributed by atoms with E-state index in [1.807, 2.05) is 19.9 Å². The van der Waals surface area contributed by atoms with E-state index in [1.165, 1.54) is 0 Å². The highest BCUT2D eigenvalue weighted by molar-refractivity contribution is 6.23. The lowest BCUT2D eigenvalue weighted by Crippen LogP contribution is -2.54. The summed E-state index contributed by atoms with van der Waals surface area (Å²) in [4.78, 5) is 59.7. The first-order valence-corrected chi connectivity index (χ1v) is 18.1. The Morgan fingerprint density at radius 2 is 1.74 bits per heavy atom. The molecule has 0 bridgehead atoms. The van der Waals surface area contributed by atoms with Gasteiger partial charge in [-0.2, -0.15) is 0 Å². The molecule has 2 saturated heterocycles. The first-order chi connectivity index (χ1) is 25.6. The van der Waals surface area contributed by atoms with E-state index >= 15 is 0 Å². The molecule has 0 radical (unpaired) electrons. The predicted octanol–water partition coefficient (Wildman–Crippen LogP) is 6.01. The molecule has 4 amide bonds. The van der Waals surface area contributed by atoms with Gasteiger partial charge in [0.25, 0.3) is 17.4 Å². The fraction of sp³-hybridized carbons (Fsp3) is 0.366. The smallest absolute Gasteiger partial charge is 0.262 e. The minimum absolute atomic E-state index is 0.0150. The van der Waals surface area contributed by atoms with Gasteiger partial charge >= 0.3 is 0 Å². The minimum atomic E-state index is -0.991. The van der Waals surface area contributed by atoms with Gasteiger partial charge in [0.1, 0.15) is 11.8 Å². The van der Waals surface area contributed by atoms with E-state index in [0.29, 0.717) is 26.2 Å². The van der Waals surface area contributed by atoms with Gasteiger partial charge in [0, 0.05) is 73.7 Å². The highest BCUT2D eigenvalue weighted by Crippen LogP contribution is 2.50. The number of hydrogen-bond acceptors (Lipinski definition) is 9. The molecule has 3 aromatic carbocycles. The molecule has 1 saturated carbocycles. The number of imide groups is 2. The molecular formula is C41H40N6O6. The van der Waals surface area contributed by atoms with Crippen LogP contribution in [0, 0.1) is 27.3 Å². The molecule has 1 aliphatic carbocycles. The number of nitrogens with zero attached hydrogens (tertiary/aromatic N) is 5. The Bertz CT molecular complexity index is 2170. The number of aromatic nitrogens is 1. The second kappa shape index (κ2) is 13.3. The standard InChI is InChI=1S/C41H40N6O6/c1-24-6-7-27(37-25(2)44-53-26(37)3)20-35(24)46(29-10-8-28(9-11-29)41(42-4)16-17-41)18-5-19-52-31-22-45(23-31)30-12-13-32-33(21-30)40(51)47(39(32)50)34-14-15-36(48)43-38(34)49/h6-13,20-21,31,34H,5,14-19,22-23H2,1-3H3,(H,43,48,49). The number of carbonyl (C=O) groups excluding carboxylic acids is 4. The van der Waals surface area contributed by atoms with Gasteiger partial charge in [-0.1, -0.05) is 17.3 Å². The van der Waals surface area contributed by atoms with Gasteiger partial charge in [-0.15, -0.1) is 0 Å². The van der Waals surface area contributed by atoms with E-state index in [9.17, 15) is 19.2 Å². The number of piperidine rings is 1. The van der Waals surface area contributed by atoms with Crippen LogP contribution in [0.25, 0.3) is 16.0 Å². The predicted molar refractivity (Wildman–Crippen MR) is 197 cm³/mol. The number of aryl methyl sites for hydroxylation is 3. The third kappa shape index (κ3) is 6.14. The van der Waals surface area contributed by atoms with Crippen molar-refractivity contribution in [1.82, 2.24) is 15.4 Å². The largest absolute Gasteiger partial charge is 0.374 e. The van der Waals surface area contributed by atoms with E-state index < -0.39 is 29.7 Å². The summed E-state index contributed by atoms with van der Waals surface area (Å²) in [5.74, 6) is -1.27. The van der Waals surface area contributed by atoms with Crippen LogP contribution in [0.4, 0.5) is 17.1 Å². The average Bonchev–Trinajstić information content (AvgIpc) is 3.81. The lowest BCUT2D eigenvalue weighted by molar-refractivity contribution is -0.136. The summed E-state index contributed by atoms with van der Waals surface area (Å²) in [7, 11) is 0. The summed E-state index contributed by atoms with van der Waals surface area (Å²) in [6.45, 7) is 16.2.